The fourth-order valence-corrected chi connectivity index (χ4v) is 3.80. The summed E-state index contributed by atoms with van der Waals surface area (Å²) in [6.07, 6.45) is 0. The number of carbonyl (C=O) groups is 1. The van der Waals surface area contributed by atoms with Gasteiger partial charge in [0.25, 0.3) is 0 Å². The molecule has 1 saturated heterocycles. The summed E-state index contributed by atoms with van der Waals surface area (Å²) in [7, 11) is 0. The van der Waals surface area contributed by atoms with E-state index in [9.17, 15) is 9.18 Å². The molecule has 144 valence electrons. The second-order valence-corrected chi connectivity index (χ2v) is 7.17. The minimum atomic E-state index is -0.248. The molecule has 0 radical (unpaired) electrons. The van der Waals surface area contributed by atoms with Crippen LogP contribution < -0.4 is 10.2 Å². The Bertz CT molecular complexity index is 977. The van der Waals surface area contributed by atoms with Crippen molar-refractivity contribution in [3.63, 3.8) is 0 Å². The summed E-state index contributed by atoms with van der Waals surface area (Å²) >= 11 is 0. The first-order valence-corrected chi connectivity index (χ1v) is 9.65. The van der Waals surface area contributed by atoms with Gasteiger partial charge in [-0.15, -0.1) is 0 Å². The molecule has 4 rings (SSSR count). The predicted octanol–water partition coefficient (Wildman–Crippen LogP) is 4.13. The molecule has 3 aromatic rings. The molecule has 28 heavy (non-hydrogen) atoms. The molecule has 5 heteroatoms. The van der Waals surface area contributed by atoms with E-state index < -0.39 is 0 Å². The molecule has 0 aromatic heterocycles. The molecule has 1 N–H and O–H groups in total. The highest BCUT2D eigenvalue weighted by Gasteiger charge is 2.26. The van der Waals surface area contributed by atoms with E-state index in [-0.39, 0.29) is 17.8 Å². The first-order valence-electron chi connectivity index (χ1n) is 9.65. The molecule has 1 amide bonds. The molecule has 0 aliphatic carbocycles. The Labute approximate surface area is 164 Å². The number of nitrogens with zero attached hydrogens (tertiary/aromatic N) is 2. The van der Waals surface area contributed by atoms with Crippen molar-refractivity contribution >= 4 is 28.1 Å². The fraction of sp³-hybridized carbons (Fsp3) is 0.261. The van der Waals surface area contributed by atoms with Gasteiger partial charge in [0.2, 0.25) is 5.91 Å². The molecule has 1 heterocycles. The van der Waals surface area contributed by atoms with Gasteiger partial charge in [-0.3, -0.25) is 9.69 Å². The van der Waals surface area contributed by atoms with Crippen LogP contribution in [0.1, 0.15) is 6.92 Å². The molecular weight excluding hydrogens is 353 g/mol. The summed E-state index contributed by atoms with van der Waals surface area (Å²) in [6, 6.07) is 20.5. The van der Waals surface area contributed by atoms with E-state index in [2.05, 4.69) is 10.2 Å². The molecule has 0 bridgehead atoms. The average Bonchev–Trinajstić information content (AvgIpc) is 2.74. The van der Waals surface area contributed by atoms with Crippen molar-refractivity contribution < 1.29 is 9.18 Å². The van der Waals surface area contributed by atoms with Gasteiger partial charge in [-0.25, -0.2) is 4.39 Å². The number of anilines is 2. The topological polar surface area (TPSA) is 35.6 Å². The number of rotatable bonds is 4. The van der Waals surface area contributed by atoms with Gasteiger partial charge < -0.3 is 10.2 Å². The van der Waals surface area contributed by atoms with Crippen LogP contribution in [0.5, 0.6) is 0 Å². The maximum atomic E-state index is 14.0. The Morgan fingerprint density at radius 1 is 0.929 bits per heavy atom. The number of fused-ring (bicyclic) bond motifs is 1. The van der Waals surface area contributed by atoms with Gasteiger partial charge in [0.1, 0.15) is 5.82 Å². The zero-order valence-electron chi connectivity index (χ0n) is 15.9. The smallest absolute Gasteiger partial charge is 0.241 e. The van der Waals surface area contributed by atoms with E-state index in [1.807, 2.05) is 66.4 Å². The monoisotopic (exact) mass is 377 g/mol. The maximum absolute atomic E-state index is 14.0. The zero-order valence-corrected chi connectivity index (χ0v) is 15.9. The first-order chi connectivity index (χ1) is 13.6. The highest BCUT2D eigenvalue weighted by Crippen LogP contribution is 2.24. The molecular formula is C23H24FN3O. The lowest BCUT2D eigenvalue weighted by molar-refractivity contribution is -0.120. The van der Waals surface area contributed by atoms with Gasteiger partial charge in [-0.05, 0) is 30.5 Å². The van der Waals surface area contributed by atoms with Crippen LogP contribution in [0.15, 0.2) is 66.7 Å². The normalized spacial score (nSPS) is 16.1. The van der Waals surface area contributed by atoms with Crippen LogP contribution >= 0.6 is 0 Å². The molecule has 1 aliphatic rings. The Morgan fingerprint density at radius 3 is 2.39 bits per heavy atom. The van der Waals surface area contributed by atoms with Crippen LogP contribution in [0, 0.1) is 5.82 Å². The second-order valence-electron chi connectivity index (χ2n) is 7.17. The van der Waals surface area contributed by atoms with Gasteiger partial charge in [0, 0.05) is 37.3 Å². The maximum Gasteiger partial charge on any atom is 0.241 e. The van der Waals surface area contributed by atoms with Crippen LogP contribution in [-0.2, 0) is 4.79 Å². The van der Waals surface area contributed by atoms with Crippen molar-refractivity contribution in [2.24, 2.45) is 0 Å². The number of benzene rings is 3. The highest BCUT2D eigenvalue weighted by molar-refractivity contribution is 6.03. The van der Waals surface area contributed by atoms with Gasteiger partial charge in [-0.2, -0.15) is 0 Å². The van der Waals surface area contributed by atoms with Crippen molar-refractivity contribution in [3.05, 3.63) is 72.5 Å². The van der Waals surface area contributed by atoms with E-state index >= 15 is 0 Å². The predicted molar refractivity (Wildman–Crippen MR) is 112 cm³/mol. The number of para-hydroxylation sites is 1. The number of nitrogens with one attached hydrogen (secondary N) is 1. The quantitative estimate of drug-likeness (QED) is 0.743. The zero-order chi connectivity index (χ0) is 19.5. The van der Waals surface area contributed by atoms with Crippen LogP contribution in [-0.4, -0.2) is 43.0 Å². The van der Waals surface area contributed by atoms with Crippen LogP contribution in [0.4, 0.5) is 15.8 Å². The summed E-state index contributed by atoms with van der Waals surface area (Å²) in [6.45, 7) is 4.77. The lowest BCUT2D eigenvalue weighted by Crippen LogP contribution is -2.53. The third-order valence-electron chi connectivity index (χ3n) is 5.48. The molecule has 3 aromatic carbocycles. The Morgan fingerprint density at radius 2 is 1.61 bits per heavy atom. The Hall–Kier alpha value is -2.92. The molecule has 1 fully saturated rings. The van der Waals surface area contributed by atoms with Gasteiger partial charge >= 0.3 is 0 Å². The van der Waals surface area contributed by atoms with E-state index in [4.69, 9.17) is 0 Å². The Kier molecular flexibility index (Phi) is 5.26. The number of hydrogen-bond acceptors (Lipinski definition) is 3. The van der Waals surface area contributed by atoms with Crippen molar-refractivity contribution in [1.29, 1.82) is 0 Å². The van der Waals surface area contributed by atoms with Gasteiger partial charge in [0.05, 0.1) is 11.7 Å². The number of amides is 1. The van der Waals surface area contributed by atoms with Crippen molar-refractivity contribution in [1.82, 2.24) is 4.90 Å². The van der Waals surface area contributed by atoms with Crippen LogP contribution in [0.3, 0.4) is 0 Å². The van der Waals surface area contributed by atoms with Crippen molar-refractivity contribution in [2.45, 2.75) is 13.0 Å². The molecule has 1 atom stereocenters. The summed E-state index contributed by atoms with van der Waals surface area (Å²) < 4.78 is 14.0. The molecule has 0 saturated carbocycles. The summed E-state index contributed by atoms with van der Waals surface area (Å²) in [4.78, 5) is 17.0. The minimum Gasteiger partial charge on any atom is -0.367 e. The van der Waals surface area contributed by atoms with E-state index in [0.717, 1.165) is 29.5 Å². The molecule has 4 nitrogen and oxygen atoms in total. The number of halogens is 1. The largest absolute Gasteiger partial charge is 0.367 e. The van der Waals surface area contributed by atoms with E-state index in [0.29, 0.717) is 18.8 Å². The standard InChI is InChI=1S/C23H24FN3O/c1-17(23(28)25-21-11-6-8-18-7-2-3-9-19(18)21)26-13-15-27(16-14-26)22-12-5-4-10-20(22)24/h2-12,17H,13-16H2,1H3,(H,25,28). The molecule has 1 unspecified atom stereocenters. The lowest BCUT2D eigenvalue weighted by atomic mass is 10.1. The Balaban J connectivity index is 1.40. The van der Waals surface area contributed by atoms with Gasteiger partial charge in [-0.1, -0.05) is 48.5 Å². The molecule has 0 spiro atoms. The second kappa shape index (κ2) is 7.98. The van der Waals surface area contributed by atoms with Gasteiger partial charge in [0.15, 0.2) is 0 Å². The minimum absolute atomic E-state index is 0.0179. The summed E-state index contributed by atoms with van der Waals surface area (Å²) in [5, 5.41) is 5.22. The number of hydrogen-bond donors (Lipinski definition) is 1. The van der Waals surface area contributed by atoms with Crippen molar-refractivity contribution in [2.75, 3.05) is 36.4 Å². The van der Waals surface area contributed by atoms with Crippen molar-refractivity contribution in [3.8, 4) is 0 Å². The fourth-order valence-electron chi connectivity index (χ4n) is 3.80. The van der Waals surface area contributed by atoms with E-state index in [1.54, 1.807) is 6.07 Å². The van der Waals surface area contributed by atoms with E-state index in [1.165, 1.54) is 6.07 Å². The third-order valence-corrected chi connectivity index (χ3v) is 5.48. The van der Waals surface area contributed by atoms with Crippen LogP contribution in [0.25, 0.3) is 10.8 Å². The SMILES string of the molecule is CC(C(=O)Nc1cccc2ccccc12)N1CCN(c2ccccc2F)CC1. The summed E-state index contributed by atoms with van der Waals surface area (Å²) in [5.74, 6) is -0.214. The average molecular weight is 377 g/mol. The lowest BCUT2D eigenvalue weighted by Gasteiger charge is -2.38. The molecule has 1 aliphatic heterocycles. The number of piperazine rings is 1. The van der Waals surface area contributed by atoms with Crippen LogP contribution in [0.2, 0.25) is 0 Å². The third kappa shape index (κ3) is 3.71. The summed E-state index contributed by atoms with van der Waals surface area (Å²) in [5.41, 5.74) is 1.47. The first kappa shape index (κ1) is 18.4. The highest BCUT2D eigenvalue weighted by atomic mass is 19.1. The number of carbonyl (C=O) groups excluding carboxylic acids is 1.